The maximum Gasteiger partial charge on any atom is 0.0507 e. The Bertz CT molecular complexity index is 372. The van der Waals surface area contributed by atoms with E-state index in [9.17, 15) is 0 Å². The minimum atomic E-state index is 0.883. The molecule has 3 heterocycles. The molecule has 2 atom stereocenters. The number of piperazine rings is 1. The zero-order chi connectivity index (χ0) is 17.6. The van der Waals surface area contributed by atoms with Crippen molar-refractivity contribution in [3.63, 3.8) is 0 Å². The Hall–Kier alpha value is -0.200. The van der Waals surface area contributed by atoms with Gasteiger partial charge in [0.15, 0.2) is 0 Å². The van der Waals surface area contributed by atoms with Crippen LogP contribution in [0.15, 0.2) is 0 Å². The van der Waals surface area contributed by atoms with Gasteiger partial charge in [0.1, 0.15) is 0 Å². The van der Waals surface area contributed by atoms with Gasteiger partial charge in [0.2, 0.25) is 0 Å². The molecule has 3 aliphatic rings. The molecule has 0 aromatic carbocycles. The average Bonchev–Trinajstić information content (AvgIpc) is 3.02. The van der Waals surface area contributed by atoms with Crippen molar-refractivity contribution < 1.29 is 0 Å². The number of piperidine rings is 1. The Kier molecular flexibility index (Phi) is 7.55. The summed E-state index contributed by atoms with van der Waals surface area (Å²) in [5, 5.41) is 0. The monoisotopic (exact) mass is 351 g/mol. The minimum Gasteiger partial charge on any atom is -0.304 e. The lowest BCUT2D eigenvalue weighted by Gasteiger charge is -2.35. The van der Waals surface area contributed by atoms with Crippen molar-refractivity contribution in [3.8, 4) is 0 Å². The molecule has 0 bridgehead atoms. The molecule has 0 amide bonds. The van der Waals surface area contributed by atoms with Gasteiger partial charge in [-0.15, -0.1) is 0 Å². The second-order valence-corrected chi connectivity index (χ2v) is 9.08. The smallest absolute Gasteiger partial charge is 0.0507 e. The minimum absolute atomic E-state index is 0.883. The third-order valence-electron chi connectivity index (χ3n) is 6.35. The Balaban J connectivity index is 1.26. The maximum absolute atomic E-state index is 2.70. The Morgan fingerprint density at radius 1 is 0.640 bits per heavy atom. The van der Waals surface area contributed by atoms with Crippen molar-refractivity contribution >= 4 is 0 Å². The number of rotatable bonds is 7. The average molecular weight is 352 g/mol. The largest absolute Gasteiger partial charge is 0.304 e. The molecule has 0 saturated carbocycles. The fourth-order valence-electron chi connectivity index (χ4n) is 4.92. The quantitative estimate of drug-likeness (QED) is 0.683. The third kappa shape index (κ3) is 6.47. The van der Waals surface area contributed by atoms with E-state index in [-0.39, 0.29) is 0 Å². The molecule has 0 aromatic heterocycles. The summed E-state index contributed by atoms with van der Waals surface area (Å²) in [7, 11) is 2.24. The molecule has 3 aliphatic heterocycles. The number of likely N-dealkylation sites (N-methyl/N-ethyl adjacent to an activating group) is 1. The van der Waals surface area contributed by atoms with Crippen LogP contribution in [-0.4, -0.2) is 117 Å². The molecule has 3 fully saturated rings. The third-order valence-corrected chi connectivity index (χ3v) is 6.35. The lowest BCUT2D eigenvalue weighted by atomic mass is 9.92. The first kappa shape index (κ1) is 19.6. The van der Waals surface area contributed by atoms with Crippen molar-refractivity contribution in [1.82, 2.24) is 24.5 Å². The van der Waals surface area contributed by atoms with Crippen LogP contribution in [0.25, 0.3) is 0 Å². The molecular formula is C20H41N5. The fourth-order valence-corrected chi connectivity index (χ4v) is 4.92. The summed E-state index contributed by atoms with van der Waals surface area (Å²) in [6.07, 6.45) is 2.75. The molecular weight excluding hydrogens is 310 g/mol. The summed E-state index contributed by atoms with van der Waals surface area (Å²) in [5.41, 5.74) is 0. The van der Waals surface area contributed by atoms with E-state index in [4.69, 9.17) is 0 Å². The fraction of sp³-hybridized carbons (Fsp3) is 1.00. The highest BCUT2D eigenvalue weighted by Crippen LogP contribution is 2.20. The van der Waals surface area contributed by atoms with Crippen molar-refractivity contribution in [2.24, 2.45) is 11.8 Å². The highest BCUT2D eigenvalue weighted by atomic mass is 15.4. The first-order valence-corrected chi connectivity index (χ1v) is 10.7. The molecule has 5 nitrogen and oxygen atoms in total. The summed E-state index contributed by atoms with van der Waals surface area (Å²) in [5.74, 6) is 1.77. The van der Waals surface area contributed by atoms with Crippen molar-refractivity contribution in [1.29, 1.82) is 0 Å². The summed E-state index contributed by atoms with van der Waals surface area (Å²) < 4.78 is 0. The Morgan fingerprint density at radius 3 is 1.84 bits per heavy atom. The van der Waals surface area contributed by atoms with Gasteiger partial charge < -0.3 is 14.7 Å². The highest BCUT2D eigenvalue weighted by Gasteiger charge is 2.24. The topological polar surface area (TPSA) is 16.2 Å². The van der Waals surface area contributed by atoms with E-state index in [0.29, 0.717) is 0 Å². The predicted molar refractivity (Wildman–Crippen MR) is 106 cm³/mol. The predicted octanol–water partition coefficient (Wildman–Crippen LogP) is 1.18. The van der Waals surface area contributed by atoms with Crippen molar-refractivity contribution in [2.75, 3.05) is 92.3 Å². The van der Waals surface area contributed by atoms with Crippen LogP contribution in [0, 0.1) is 11.8 Å². The van der Waals surface area contributed by atoms with Gasteiger partial charge in [-0.3, -0.25) is 9.80 Å². The highest BCUT2D eigenvalue weighted by molar-refractivity contribution is 4.78. The van der Waals surface area contributed by atoms with Crippen molar-refractivity contribution in [3.05, 3.63) is 0 Å². The summed E-state index contributed by atoms with van der Waals surface area (Å²) in [6, 6.07) is 0. The second kappa shape index (κ2) is 9.65. The second-order valence-electron chi connectivity index (χ2n) is 9.08. The van der Waals surface area contributed by atoms with Crippen LogP contribution in [-0.2, 0) is 0 Å². The zero-order valence-electron chi connectivity index (χ0n) is 17.0. The first-order valence-electron chi connectivity index (χ1n) is 10.7. The van der Waals surface area contributed by atoms with E-state index in [0.717, 1.165) is 11.8 Å². The van der Waals surface area contributed by atoms with Gasteiger partial charge >= 0.3 is 0 Å². The van der Waals surface area contributed by atoms with Gasteiger partial charge in [-0.05, 0) is 38.3 Å². The van der Waals surface area contributed by atoms with Crippen LogP contribution in [0.3, 0.4) is 0 Å². The lowest BCUT2D eigenvalue weighted by Crippen LogP contribution is -2.45. The number of hydrogen-bond donors (Lipinski definition) is 0. The molecule has 3 saturated heterocycles. The van der Waals surface area contributed by atoms with Gasteiger partial charge in [-0.2, -0.15) is 0 Å². The molecule has 0 aromatic rings. The lowest BCUT2D eigenvalue weighted by molar-refractivity contribution is 0.121. The first-order chi connectivity index (χ1) is 12.1. The Morgan fingerprint density at radius 2 is 1.16 bits per heavy atom. The van der Waals surface area contributed by atoms with E-state index in [1.54, 1.807) is 0 Å². The van der Waals surface area contributed by atoms with E-state index >= 15 is 0 Å². The number of hydrogen-bond acceptors (Lipinski definition) is 5. The van der Waals surface area contributed by atoms with E-state index in [1.807, 2.05) is 0 Å². The molecule has 0 N–H and O–H groups in total. The SMILES string of the molecule is CC1CC(C)CN(CCN2CCN(CCCN3CCN(C)CC3)C2)C1. The van der Waals surface area contributed by atoms with Crippen LogP contribution in [0.1, 0.15) is 26.7 Å². The molecule has 5 heteroatoms. The van der Waals surface area contributed by atoms with Gasteiger partial charge in [0.25, 0.3) is 0 Å². The molecule has 2 unspecified atom stereocenters. The molecule has 146 valence electrons. The standard InChI is InChI=1S/C20H41N5/c1-19-15-20(2)17-25(16-19)14-13-24-12-11-23(18-24)6-4-5-22-9-7-21(3)8-10-22/h19-20H,4-18H2,1-3H3. The maximum atomic E-state index is 2.70. The van der Waals surface area contributed by atoms with Crippen LogP contribution in [0.2, 0.25) is 0 Å². The summed E-state index contributed by atoms with van der Waals surface area (Å²) in [4.78, 5) is 13.1. The van der Waals surface area contributed by atoms with E-state index in [2.05, 4.69) is 45.4 Å². The molecule has 25 heavy (non-hydrogen) atoms. The van der Waals surface area contributed by atoms with Gasteiger partial charge in [0, 0.05) is 72.0 Å². The van der Waals surface area contributed by atoms with E-state index in [1.165, 1.54) is 98.0 Å². The number of likely N-dealkylation sites (tertiary alicyclic amines) is 1. The van der Waals surface area contributed by atoms with Crippen LogP contribution in [0.4, 0.5) is 0 Å². The normalized spacial score (nSPS) is 31.8. The number of nitrogens with zero attached hydrogens (tertiary/aromatic N) is 5. The molecule has 0 aliphatic carbocycles. The van der Waals surface area contributed by atoms with Gasteiger partial charge in [-0.25, -0.2) is 0 Å². The molecule has 0 spiro atoms. The van der Waals surface area contributed by atoms with Crippen molar-refractivity contribution in [2.45, 2.75) is 26.7 Å². The van der Waals surface area contributed by atoms with Crippen LogP contribution >= 0.6 is 0 Å². The summed E-state index contributed by atoms with van der Waals surface area (Å²) >= 11 is 0. The molecule has 3 rings (SSSR count). The summed E-state index contributed by atoms with van der Waals surface area (Å²) in [6.45, 7) is 21.3. The van der Waals surface area contributed by atoms with Crippen LogP contribution in [0.5, 0.6) is 0 Å². The van der Waals surface area contributed by atoms with Gasteiger partial charge in [-0.1, -0.05) is 13.8 Å². The Labute approximate surface area is 155 Å². The molecule has 0 radical (unpaired) electrons. The van der Waals surface area contributed by atoms with E-state index < -0.39 is 0 Å². The zero-order valence-corrected chi connectivity index (χ0v) is 17.0. The van der Waals surface area contributed by atoms with Crippen LogP contribution < -0.4 is 0 Å². The van der Waals surface area contributed by atoms with Gasteiger partial charge in [0.05, 0.1) is 6.67 Å².